The van der Waals surface area contributed by atoms with Crippen molar-refractivity contribution >= 4 is 5.91 Å². The molecule has 3 fully saturated rings. The average molecular weight is 670 g/mol. The van der Waals surface area contributed by atoms with Gasteiger partial charge in [0.25, 0.3) is 0 Å². The number of nitrogens with zero attached hydrogens (tertiary/aromatic N) is 1. The minimum absolute atomic E-state index is 0.00869. The Hall–Kier alpha value is -3.50. The summed E-state index contributed by atoms with van der Waals surface area (Å²) in [5.41, 5.74) is 2.39. The summed E-state index contributed by atoms with van der Waals surface area (Å²) in [7, 11) is 3.07. The second-order valence-corrected chi connectivity index (χ2v) is 14.6. The molecule has 260 valence electrons. The smallest absolute Gasteiger partial charge is 0.493 e. The van der Waals surface area contributed by atoms with Crippen molar-refractivity contribution in [2.24, 2.45) is 22.7 Å². The van der Waals surface area contributed by atoms with Gasteiger partial charge in [0.1, 0.15) is 5.75 Å². The number of rotatable bonds is 9. The van der Waals surface area contributed by atoms with Crippen molar-refractivity contribution in [2.45, 2.75) is 89.8 Å². The minimum Gasteiger partial charge on any atom is -0.493 e. The van der Waals surface area contributed by atoms with Crippen LogP contribution in [0.3, 0.4) is 0 Å². The number of alkyl halides is 3. The number of halogens is 3. The number of hydrogen-bond donors (Lipinski definition) is 2. The molecule has 2 N–H and O–H groups in total. The number of aliphatic hydroxyl groups is 2. The Balaban J connectivity index is 1.27. The van der Waals surface area contributed by atoms with Gasteiger partial charge in [0.2, 0.25) is 5.91 Å². The highest BCUT2D eigenvalue weighted by Gasteiger charge is 2.62. The van der Waals surface area contributed by atoms with Crippen LogP contribution in [0.5, 0.6) is 17.2 Å². The maximum Gasteiger partial charge on any atom is 0.573 e. The number of allylic oxidation sites excluding steroid dienone is 3. The maximum atomic E-state index is 14.1. The summed E-state index contributed by atoms with van der Waals surface area (Å²) in [5.74, 6) is 1.00. The lowest BCUT2D eigenvalue weighted by Crippen LogP contribution is -2.56. The van der Waals surface area contributed by atoms with Gasteiger partial charge in [-0.25, -0.2) is 0 Å². The summed E-state index contributed by atoms with van der Waals surface area (Å²) in [6, 6.07) is 10.8. The monoisotopic (exact) mass is 669 g/mol. The molecule has 1 amide bonds. The normalized spacial score (nSPS) is 31.1. The van der Waals surface area contributed by atoms with E-state index in [2.05, 4.69) is 30.7 Å². The van der Waals surface area contributed by atoms with Gasteiger partial charge in [0.15, 0.2) is 11.5 Å². The van der Waals surface area contributed by atoms with Gasteiger partial charge in [0, 0.05) is 12.0 Å². The van der Waals surface area contributed by atoms with Crippen LogP contribution in [0.4, 0.5) is 13.2 Å². The number of carbonyl (C=O) groups is 1. The van der Waals surface area contributed by atoms with Crippen molar-refractivity contribution in [3.8, 4) is 17.2 Å². The molecule has 6 atom stereocenters. The first-order valence-electron chi connectivity index (χ1n) is 16.8. The predicted octanol–water partition coefficient (Wildman–Crippen LogP) is 7.15. The number of amides is 1. The Morgan fingerprint density at radius 3 is 2.29 bits per heavy atom. The standard InChI is InChI=1S/C38H46F3NO6/c1-35-16-13-27(43)21-26(35)8-11-29-30(35)14-17-36(2)31(29)15-18-37(36,45)23-42(22-24-5-9-28(10-6-24)48-38(39,40)41)34(44)20-25-7-12-32(46-3)33(19-25)47-4/h5-12,19,27,30-31,43,45H,13-18,20-23H2,1-4H3. The second kappa shape index (κ2) is 12.8. The van der Waals surface area contributed by atoms with Crippen molar-refractivity contribution in [3.05, 3.63) is 76.9 Å². The molecule has 3 saturated carbocycles. The molecule has 4 aliphatic carbocycles. The number of hydrogen-bond acceptors (Lipinski definition) is 6. The molecule has 0 heterocycles. The van der Waals surface area contributed by atoms with Crippen LogP contribution in [0.1, 0.15) is 69.9 Å². The highest BCUT2D eigenvalue weighted by molar-refractivity contribution is 5.79. The number of aliphatic hydroxyl groups excluding tert-OH is 1. The van der Waals surface area contributed by atoms with Gasteiger partial charge >= 0.3 is 6.36 Å². The van der Waals surface area contributed by atoms with E-state index >= 15 is 0 Å². The Morgan fingerprint density at radius 2 is 1.60 bits per heavy atom. The van der Waals surface area contributed by atoms with E-state index in [4.69, 9.17) is 9.47 Å². The van der Waals surface area contributed by atoms with Crippen LogP contribution in [0, 0.1) is 22.7 Å². The third-order valence-electron chi connectivity index (χ3n) is 12.0. The second-order valence-electron chi connectivity index (χ2n) is 14.6. The quantitative estimate of drug-likeness (QED) is 0.295. The van der Waals surface area contributed by atoms with Gasteiger partial charge in [-0.1, -0.05) is 55.3 Å². The molecule has 4 aliphatic rings. The van der Waals surface area contributed by atoms with Crippen LogP contribution in [0.2, 0.25) is 0 Å². The van der Waals surface area contributed by atoms with E-state index in [0.717, 1.165) is 32.1 Å². The topological polar surface area (TPSA) is 88.5 Å². The van der Waals surface area contributed by atoms with Gasteiger partial charge in [-0.15, -0.1) is 13.2 Å². The van der Waals surface area contributed by atoms with E-state index in [1.807, 2.05) is 0 Å². The van der Waals surface area contributed by atoms with Crippen LogP contribution < -0.4 is 14.2 Å². The van der Waals surface area contributed by atoms with Gasteiger partial charge in [-0.05, 0) is 97.6 Å². The third kappa shape index (κ3) is 6.33. The van der Waals surface area contributed by atoms with E-state index in [1.165, 1.54) is 49.6 Å². The zero-order valence-electron chi connectivity index (χ0n) is 28.1. The van der Waals surface area contributed by atoms with E-state index in [0.29, 0.717) is 41.4 Å². The highest BCUT2D eigenvalue weighted by atomic mass is 19.4. The molecule has 48 heavy (non-hydrogen) atoms. The molecule has 7 nitrogen and oxygen atoms in total. The summed E-state index contributed by atoms with van der Waals surface area (Å²) < 4.78 is 53.2. The Labute approximate surface area is 280 Å². The first-order valence-corrected chi connectivity index (χ1v) is 16.8. The zero-order chi connectivity index (χ0) is 34.5. The number of carbonyl (C=O) groups excluding carboxylic acids is 1. The number of ether oxygens (including phenoxy) is 3. The first kappa shape index (κ1) is 34.4. The van der Waals surface area contributed by atoms with Gasteiger partial charge in [0.05, 0.1) is 38.9 Å². The average Bonchev–Trinajstić information content (AvgIpc) is 3.31. The van der Waals surface area contributed by atoms with E-state index in [1.54, 1.807) is 23.1 Å². The molecule has 0 aromatic heterocycles. The number of benzene rings is 2. The molecule has 6 unspecified atom stereocenters. The molecule has 2 aromatic carbocycles. The fourth-order valence-corrected chi connectivity index (χ4v) is 9.20. The lowest BCUT2D eigenvalue weighted by atomic mass is 9.50. The van der Waals surface area contributed by atoms with Crippen molar-refractivity contribution in [1.29, 1.82) is 0 Å². The lowest BCUT2D eigenvalue weighted by Gasteiger charge is -2.56. The SMILES string of the molecule is COc1ccc(CC(=O)N(Cc2ccc(OC(F)(F)F)cc2)CC2(O)CCC3C4=CC=C5CC(O)CCC5(C)C4CCC32C)cc1OC. The van der Waals surface area contributed by atoms with Crippen LogP contribution >= 0.6 is 0 Å². The maximum absolute atomic E-state index is 14.1. The predicted molar refractivity (Wildman–Crippen MR) is 174 cm³/mol. The summed E-state index contributed by atoms with van der Waals surface area (Å²) in [5, 5.41) is 23.0. The molecule has 2 aromatic rings. The molecule has 0 radical (unpaired) electrons. The molecule has 6 rings (SSSR count). The van der Waals surface area contributed by atoms with Crippen molar-refractivity contribution in [2.75, 3.05) is 20.8 Å². The molecule has 0 aliphatic heterocycles. The molecule has 0 bridgehead atoms. The Bertz CT molecular complexity index is 1590. The largest absolute Gasteiger partial charge is 0.573 e. The number of fused-ring (bicyclic) bond motifs is 5. The summed E-state index contributed by atoms with van der Waals surface area (Å²) in [4.78, 5) is 15.7. The van der Waals surface area contributed by atoms with Crippen molar-refractivity contribution in [1.82, 2.24) is 4.90 Å². The van der Waals surface area contributed by atoms with Crippen molar-refractivity contribution in [3.63, 3.8) is 0 Å². The van der Waals surface area contributed by atoms with Crippen LogP contribution in [0.25, 0.3) is 0 Å². The third-order valence-corrected chi connectivity index (χ3v) is 12.0. The molecular formula is C38H46F3NO6. The molecule has 0 saturated heterocycles. The van der Waals surface area contributed by atoms with Crippen LogP contribution in [0.15, 0.2) is 65.8 Å². The lowest BCUT2D eigenvalue weighted by molar-refractivity contribution is -0.274. The summed E-state index contributed by atoms with van der Waals surface area (Å²) in [6.45, 7) is 4.70. The number of methoxy groups -OCH3 is 2. The van der Waals surface area contributed by atoms with Gasteiger partial charge in [-0.2, -0.15) is 0 Å². The fraction of sp³-hybridized carbons (Fsp3) is 0.553. The van der Waals surface area contributed by atoms with Crippen molar-refractivity contribution < 1.29 is 42.4 Å². The summed E-state index contributed by atoms with van der Waals surface area (Å²) >= 11 is 0. The van der Waals surface area contributed by atoms with Crippen LogP contribution in [-0.2, 0) is 17.8 Å². The fourth-order valence-electron chi connectivity index (χ4n) is 9.20. The molecular weight excluding hydrogens is 623 g/mol. The van der Waals surface area contributed by atoms with Gasteiger partial charge < -0.3 is 29.3 Å². The zero-order valence-corrected chi connectivity index (χ0v) is 28.1. The van der Waals surface area contributed by atoms with E-state index < -0.39 is 17.4 Å². The Kier molecular flexibility index (Phi) is 9.13. The van der Waals surface area contributed by atoms with Crippen LogP contribution in [-0.4, -0.2) is 59.9 Å². The van der Waals surface area contributed by atoms with Gasteiger partial charge in [-0.3, -0.25) is 4.79 Å². The first-order chi connectivity index (χ1) is 22.7. The minimum atomic E-state index is -4.81. The molecule has 10 heteroatoms. The molecule has 0 spiro atoms. The highest BCUT2D eigenvalue weighted by Crippen LogP contribution is 2.66. The van der Waals surface area contributed by atoms with E-state index in [9.17, 15) is 28.2 Å². The summed E-state index contributed by atoms with van der Waals surface area (Å²) in [6.07, 6.45) is 4.92. The Morgan fingerprint density at radius 1 is 0.917 bits per heavy atom. The van der Waals surface area contributed by atoms with E-state index in [-0.39, 0.29) is 48.6 Å².